The van der Waals surface area contributed by atoms with Crippen LogP contribution in [0.25, 0.3) is 10.8 Å². The quantitative estimate of drug-likeness (QED) is 0.897. The van der Waals surface area contributed by atoms with Crippen molar-refractivity contribution in [3.05, 3.63) is 48.0 Å². The minimum absolute atomic E-state index is 0.0348. The monoisotopic (exact) mass is 283 g/mol. The molecule has 1 saturated heterocycles. The van der Waals surface area contributed by atoms with Gasteiger partial charge in [-0.25, -0.2) is 0 Å². The summed E-state index contributed by atoms with van der Waals surface area (Å²) >= 11 is 0. The number of nitrogens with one attached hydrogen (secondary N) is 1. The average molecular weight is 283 g/mol. The van der Waals surface area contributed by atoms with E-state index in [4.69, 9.17) is 4.74 Å². The van der Waals surface area contributed by atoms with E-state index in [9.17, 15) is 0 Å². The van der Waals surface area contributed by atoms with Crippen LogP contribution in [0.1, 0.15) is 32.3 Å². The van der Waals surface area contributed by atoms with Crippen molar-refractivity contribution >= 4 is 10.8 Å². The molecule has 2 aromatic rings. The molecule has 0 saturated carbocycles. The van der Waals surface area contributed by atoms with E-state index in [1.54, 1.807) is 0 Å². The van der Waals surface area contributed by atoms with Crippen LogP contribution in [-0.4, -0.2) is 24.8 Å². The first kappa shape index (κ1) is 14.6. The van der Waals surface area contributed by atoms with Gasteiger partial charge in [0.1, 0.15) is 0 Å². The summed E-state index contributed by atoms with van der Waals surface area (Å²) in [4.78, 5) is 0. The molecule has 3 rings (SSSR count). The number of ether oxygens (including phenoxy) is 1. The first-order valence-corrected chi connectivity index (χ1v) is 8.07. The third-order valence-electron chi connectivity index (χ3n) is 4.74. The van der Waals surface area contributed by atoms with Crippen molar-refractivity contribution in [1.29, 1.82) is 0 Å². The number of rotatable bonds is 5. The van der Waals surface area contributed by atoms with Crippen molar-refractivity contribution in [2.24, 2.45) is 0 Å². The predicted molar refractivity (Wildman–Crippen MR) is 88.7 cm³/mol. The largest absolute Gasteiger partial charge is 0.374 e. The highest BCUT2D eigenvalue weighted by atomic mass is 16.5. The maximum absolute atomic E-state index is 6.08. The summed E-state index contributed by atoms with van der Waals surface area (Å²) < 4.78 is 6.08. The van der Waals surface area contributed by atoms with Crippen molar-refractivity contribution in [2.45, 2.75) is 44.8 Å². The second-order valence-corrected chi connectivity index (χ2v) is 6.22. The highest BCUT2D eigenvalue weighted by Gasteiger charge is 2.37. The first-order valence-electron chi connectivity index (χ1n) is 8.07. The predicted octanol–water partition coefficient (Wildman–Crippen LogP) is 3.93. The lowest BCUT2D eigenvalue weighted by atomic mass is 9.87. The van der Waals surface area contributed by atoms with Gasteiger partial charge < -0.3 is 10.1 Å². The molecule has 2 aromatic carbocycles. The van der Waals surface area contributed by atoms with Gasteiger partial charge in [0.05, 0.1) is 5.60 Å². The van der Waals surface area contributed by atoms with Crippen molar-refractivity contribution < 1.29 is 4.74 Å². The first-order chi connectivity index (χ1) is 10.2. The molecule has 0 aromatic heterocycles. The average Bonchev–Trinajstić information content (AvgIpc) is 2.95. The zero-order chi connectivity index (χ0) is 14.7. The third kappa shape index (κ3) is 2.97. The summed E-state index contributed by atoms with van der Waals surface area (Å²) in [7, 11) is 0. The molecule has 0 amide bonds. The second kappa shape index (κ2) is 6.17. The molecule has 0 radical (unpaired) electrons. The fourth-order valence-electron chi connectivity index (χ4n) is 3.52. The number of likely N-dealkylation sites (N-methyl/N-ethyl adjacent to an activating group) is 1. The van der Waals surface area contributed by atoms with Gasteiger partial charge in [-0.05, 0) is 49.1 Å². The molecule has 112 valence electrons. The van der Waals surface area contributed by atoms with Crippen LogP contribution < -0.4 is 5.32 Å². The van der Waals surface area contributed by atoms with Gasteiger partial charge in [-0.2, -0.15) is 0 Å². The van der Waals surface area contributed by atoms with Gasteiger partial charge in [-0.1, -0.05) is 49.4 Å². The molecular formula is C19H25NO. The summed E-state index contributed by atoms with van der Waals surface area (Å²) in [5.74, 6) is 0. The molecule has 0 spiro atoms. The molecule has 1 heterocycles. The lowest BCUT2D eigenvalue weighted by Crippen LogP contribution is -2.49. The van der Waals surface area contributed by atoms with Crippen molar-refractivity contribution in [3.63, 3.8) is 0 Å². The Morgan fingerprint density at radius 3 is 2.76 bits per heavy atom. The van der Waals surface area contributed by atoms with Crippen LogP contribution in [0.3, 0.4) is 0 Å². The Labute approximate surface area is 127 Å². The van der Waals surface area contributed by atoms with Crippen molar-refractivity contribution in [3.8, 4) is 0 Å². The smallest absolute Gasteiger partial charge is 0.0810 e. The number of hydrogen-bond donors (Lipinski definition) is 1. The molecule has 1 aliphatic rings. The van der Waals surface area contributed by atoms with Crippen LogP contribution in [0.15, 0.2) is 42.5 Å². The van der Waals surface area contributed by atoms with Crippen LogP contribution in [0, 0.1) is 0 Å². The zero-order valence-electron chi connectivity index (χ0n) is 13.1. The molecule has 2 nitrogen and oxygen atoms in total. The molecule has 0 bridgehead atoms. The van der Waals surface area contributed by atoms with E-state index in [2.05, 4.69) is 61.6 Å². The Kier molecular flexibility index (Phi) is 4.27. The summed E-state index contributed by atoms with van der Waals surface area (Å²) in [6.45, 7) is 6.31. The van der Waals surface area contributed by atoms with Crippen molar-refractivity contribution in [1.82, 2.24) is 5.32 Å². The maximum atomic E-state index is 6.08. The fourth-order valence-corrected chi connectivity index (χ4v) is 3.52. The van der Waals surface area contributed by atoms with Crippen LogP contribution in [0.2, 0.25) is 0 Å². The molecule has 1 fully saturated rings. The Balaban J connectivity index is 1.91. The SMILES string of the molecule is CCNC(Cc1cccc2ccccc12)C1(C)CCCO1. The maximum Gasteiger partial charge on any atom is 0.0810 e. The van der Waals surface area contributed by atoms with Gasteiger partial charge >= 0.3 is 0 Å². The Hall–Kier alpha value is -1.38. The molecule has 1 N–H and O–H groups in total. The van der Waals surface area contributed by atoms with Gasteiger partial charge in [0.25, 0.3) is 0 Å². The van der Waals surface area contributed by atoms with E-state index in [1.165, 1.54) is 22.8 Å². The van der Waals surface area contributed by atoms with Gasteiger partial charge in [-0.15, -0.1) is 0 Å². The summed E-state index contributed by atoms with van der Waals surface area (Å²) in [5.41, 5.74) is 1.38. The molecular weight excluding hydrogens is 258 g/mol. The van der Waals surface area contributed by atoms with Gasteiger partial charge in [-0.3, -0.25) is 0 Å². The van der Waals surface area contributed by atoms with Crippen LogP contribution >= 0.6 is 0 Å². The number of hydrogen-bond acceptors (Lipinski definition) is 2. The topological polar surface area (TPSA) is 21.3 Å². The summed E-state index contributed by atoms with van der Waals surface area (Å²) in [5, 5.41) is 6.34. The van der Waals surface area contributed by atoms with Crippen LogP contribution in [0.4, 0.5) is 0 Å². The highest BCUT2D eigenvalue weighted by Crippen LogP contribution is 2.31. The number of fused-ring (bicyclic) bond motifs is 1. The molecule has 2 heteroatoms. The van der Waals surface area contributed by atoms with Gasteiger partial charge in [0.15, 0.2) is 0 Å². The van der Waals surface area contributed by atoms with Gasteiger partial charge in [0, 0.05) is 12.6 Å². The molecule has 1 aliphatic heterocycles. The van der Waals surface area contributed by atoms with Crippen molar-refractivity contribution in [2.75, 3.05) is 13.2 Å². The van der Waals surface area contributed by atoms with E-state index in [-0.39, 0.29) is 5.60 Å². The Bertz CT molecular complexity index is 596. The number of benzene rings is 2. The zero-order valence-corrected chi connectivity index (χ0v) is 13.1. The second-order valence-electron chi connectivity index (χ2n) is 6.22. The molecule has 2 unspecified atom stereocenters. The normalized spacial score (nSPS) is 23.5. The lowest BCUT2D eigenvalue weighted by molar-refractivity contribution is -0.0109. The standard InChI is InChI=1S/C19H25NO/c1-3-20-18(19(2)12-7-13-21-19)14-16-10-6-9-15-8-4-5-11-17(15)16/h4-6,8-11,18,20H,3,7,12-14H2,1-2H3. The van der Waals surface area contributed by atoms with E-state index < -0.39 is 0 Å². The van der Waals surface area contributed by atoms with Crippen LogP contribution in [-0.2, 0) is 11.2 Å². The molecule has 2 atom stereocenters. The minimum atomic E-state index is -0.0348. The van der Waals surface area contributed by atoms with E-state index >= 15 is 0 Å². The molecule has 21 heavy (non-hydrogen) atoms. The Morgan fingerprint density at radius 1 is 1.19 bits per heavy atom. The Morgan fingerprint density at radius 2 is 2.00 bits per heavy atom. The summed E-state index contributed by atoms with van der Waals surface area (Å²) in [6.07, 6.45) is 3.34. The summed E-state index contributed by atoms with van der Waals surface area (Å²) in [6, 6.07) is 15.6. The minimum Gasteiger partial charge on any atom is -0.374 e. The van der Waals surface area contributed by atoms with E-state index in [0.717, 1.165) is 26.0 Å². The third-order valence-corrected chi connectivity index (χ3v) is 4.74. The van der Waals surface area contributed by atoms with E-state index in [0.29, 0.717) is 6.04 Å². The fraction of sp³-hybridized carbons (Fsp3) is 0.474. The lowest BCUT2D eigenvalue weighted by Gasteiger charge is -2.34. The van der Waals surface area contributed by atoms with Gasteiger partial charge in [0.2, 0.25) is 0 Å². The highest BCUT2D eigenvalue weighted by molar-refractivity contribution is 5.85. The van der Waals surface area contributed by atoms with Crippen LogP contribution in [0.5, 0.6) is 0 Å². The van der Waals surface area contributed by atoms with E-state index in [1.807, 2.05) is 0 Å². The molecule has 0 aliphatic carbocycles.